The Morgan fingerprint density at radius 2 is 1.71 bits per heavy atom. The van der Waals surface area contributed by atoms with Gasteiger partial charge in [0.2, 0.25) is 0 Å². The molecule has 2 amide bonds. The van der Waals surface area contributed by atoms with Crippen LogP contribution in [-0.4, -0.2) is 18.9 Å². The van der Waals surface area contributed by atoms with E-state index in [1.165, 1.54) is 25.2 Å². The number of nitrogens with one attached hydrogen (secondary N) is 2. The number of carbonyl (C=O) groups excluding carboxylic acids is 2. The summed E-state index contributed by atoms with van der Waals surface area (Å²) in [4.78, 5) is 23.9. The maximum absolute atomic E-state index is 12.7. The molecule has 0 fully saturated rings. The van der Waals surface area contributed by atoms with Gasteiger partial charge >= 0.3 is 6.18 Å². The maximum atomic E-state index is 12.7. The van der Waals surface area contributed by atoms with Crippen LogP contribution in [0.1, 0.15) is 31.8 Å². The van der Waals surface area contributed by atoms with Gasteiger partial charge in [0.05, 0.1) is 5.56 Å². The summed E-state index contributed by atoms with van der Waals surface area (Å²) in [7, 11) is 1.48. The second-order valence-corrected chi connectivity index (χ2v) is 5.14. The topological polar surface area (TPSA) is 58.2 Å². The Labute approximate surface area is 136 Å². The molecule has 7 heteroatoms. The first-order valence-corrected chi connectivity index (χ1v) is 7.03. The van der Waals surface area contributed by atoms with Crippen LogP contribution in [-0.2, 0) is 6.18 Å². The molecule has 2 aromatic rings. The highest BCUT2D eigenvalue weighted by Crippen LogP contribution is 2.29. The Bertz CT molecular complexity index is 786. The highest BCUT2D eigenvalue weighted by Gasteiger charge is 2.30. The number of hydrogen-bond donors (Lipinski definition) is 2. The van der Waals surface area contributed by atoms with Gasteiger partial charge in [-0.05, 0) is 42.8 Å². The average molecular weight is 336 g/mol. The van der Waals surface area contributed by atoms with Gasteiger partial charge in [-0.2, -0.15) is 13.2 Å². The Morgan fingerprint density at radius 1 is 1.00 bits per heavy atom. The molecule has 0 spiro atoms. The molecule has 0 heterocycles. The van der Waals surface area contributed by atoms with E-state index in [9.17, 15) is 22.8 Å². The van der Waals surface area contributed by atoms with Crippen LogP contribution >= 0.6 is 0 Å². The van der Waals surface area contributed by atoms with Crippen molar-refractivity contribution in [3.63, 3.8) is 0 Å². The predicted octanol–water partition coefficient (Wildman–Crippen LogP) is 3.63. The molecular weight excluding hydrogens is 321 g/mol. The van der Waals surface area contributed by atoms with Crippen LogP contribution in [0.3, 0.4) is 0 Å². The molecule has 4 nitrogen and oxygen atoms in total. The lowest BCUT2D eigenvalue weighted by Crippen LogP contribution is -2.20. The lowest BCUT2D eigenvalue weighted by molar-refractivity contribution is -0.137. The molecule has 24 heavy (non-hydrogen) atoms. The van der Waals surface area contributed by atoms with Gasteiger partial charge < -0.3 is 10.6 Å². The zero-order chi connectivity index (χ0) is 17.9. The van der Waals surface area contributed by atoms with Crippen molar-refractivity contribution in [2.24, 2.45) is 0 Å². The van der Waals surface area contributed by atoms with Gasteiger partial charge in [-0.25, -0.2) is 0 Å². The van der Waals surface area contributed by atoms with E-state index in [0.717, 1.165) is 12.1 Å². The molecule has 0 unspecified atom stereocenters. The molecule has 0 atom stereocenters. The summed E-state index contributed by atoms with van der Waals surface area (Å²) >= 11 is 0. The monoisotopic (exact) mass is 336 g/mol. The summed E-state index contributed by atoms with van der Waals surface area (Å²) in [6, 6.07) is 8.83. The molecular formula is C17H15F3N2O2. The van der Waals surface area contributed by atoms with Crippen LogP contribution in [0.25, 0.3) is 0 Å². The summed E-state index contributed by atoms with van der Waals surface area (Å²) in [5, 5.41) is 4.98. The third-order valence-corrected chi connectivity index (χ3v) is 3.42. The fourth-order valence-corrected chi connectivity index (χ4v) is 2.12. The molecule has 0 bridgehead atoms. The van der Waals surface area contributed by atoms with Gasteiger partial charge in [0.25, 0.3) is 11.8 Å². The third-order valence-electron chi connectivity index (χ3n) is 3.42. The van der Waals surface area contributed by atoms with Gasteiger partial charge in [-0.3, -0.25) is 9.59 Å². The number of alkyl halides is 3. The standard InChI is InChI=1S/C17H15F3N2O2/c1-10-6-7-13(9-14(10)16(24)21-2)22-15(23)11-4-3-5-12(8-11)17(18,19)20/h3-9H,1-2H3,(H,21,24)(H,22,23). The Balaban J connectivity index is 2.26. The Kier molecular flexibility index (Phi) is 4.92. The predicted molar refractivity (Wildman–Crippen MR) is 84.0 cm³/mol. The summed E-state index contributed by atoms with van der Waals surface area (Å²) in [5.74, 6) is -1.00. The molecule has 2 aromatic carbocycles. The third kappa shape index (κ3) is 3.92. The van der Waals surface area contributed by atoms with Crippen molar-refractivity contribution in [3.05, 3.63) is 64.7 Å². The van der Waals surface area contributed by atoms with E-state index in [1.807, 2.05) is 0 Å². The molecule has 0 aromatic heterocycles. The molecule has 126 valence electrons. The Hall–Kier alpha value is -2.83. The van der Waals surface area contributed by atoms with Crippen molar-refractivity contribution < 1.29 is 22.8 Å². The number of benzene rings is 2. The number of hydrogen-bond acceptors (Lipinski definition) is 2. The van der Waals surface area contributed by atoms with Crippen LogP contribution < -0.4 is 10.6 Å². The minimum atomic E-state index is -4.52. The zero-order valence-electron chi connectivity index (χ0n) is 13.0. The highest BCUT2D eigenvalue weighted by molar-refractivity contribution is 6.05. The number of halogens is 3. The number of amides is 2. The summed E-state index contributed by atoms with van der Waals surface area (Å²) < 4.78 is 38.1. The average Bonchev–Trinajstić information content (AvgIpc) is 2.55. The first-order chi connectivity index (χ1) is 11.2. The van der Waals surface area contributed by atoms with Crippen molar-refractivity contribution in [2.75, 3.05) is 12.4 Å². The summed E-state index contributed by atoms with van der Waals surface area (Å²) in [6.45, 7) is 1.74. The van der Waals surface area contributed by atoms with Gasteiger partial charge in [0.1, 0.15) is 0 Å². The molecule has 0 aliphatic rings. The van der Waals surface area contributed by atoms with E-state index in [2.05, 4.69) is 10.6 Å². The molecule has 0 aliphatic carbocycles. The number of anilines is 1. The Morgan fingerprint density at radius 3 is 2.33 bits per heavy atom. The van der Waals surface area contributed by atoms with Crippen LogP contribution in [0.15, 0.2) is 42.5 Å². The van der Waals surface area contributed by atoms with E-state index < -0.39 is 17.6 Å². The van der Waals surface area contributed by atoms with Crippen molar-refractivity contribution in [1.82, 2.24) is 5.32 Å². The molecule has 2 rings (SSSR count). The largest absolute Gasteiger partial charge is 0.416 e. The van der Waals surface area contributed by atoms with E-state index in [0.29, 0.717) is 16.8 Å². The molecule has 0 saturated carbocycles. The smallest absolute Gasteiger partial charge is 0.355 e. The molecule has 0 aliphatic heterocycles. The molecule has 0 radical (unpaired) electrons. The molecule has 0 saturated heterocycles. The van der Waals surface area contributed by atoms with Gasteiger partial charge in [0, 0.05) is 23.9 Å². The van der Waals surface area contributed by atoms with E-state index in [4.69, 9.17) is 0 Å². The molecule has 2 N–H and O–H groups in total. The van der Waals surface area contributed by atoms with Crippen molar-refractivity contribution in [1.29, 1.82) is 0 Å². The van der Waals surface area contributed by atoms with E-state index in [-0.39, 0.29) is 11.5 Å². The van der Waals surface area contributed by atoms with E-state index >= 15 is 0 Å². The first kappa shape index (κ1) is 17.5. The SMILES string of the molecule is CNC(=O)c1cc(NC(=O)c2cccc(C(F)(F)F)c2)ccc1C. The van der Waals surface area contributed by atoms with Crippen molar-refractivity contribution in [2.45, 2.75) is 13.1 Å². The lowest BCUT2D eigenvalue weighted by Gasteiger charge is -2.11. The number of rotatable bonds is 3. The highest BCUT2D eigenvalue weighted by atomic mass is 19.4. The van der Waals surface area contributed by atoms with Crippen LogP contribution in [0.4, 0.5) is 18.9 Å². The van der Waals surface area contributed by atoms with Crippen LogP contribution in [0.5, 0.6) is 0 Å². The van der Waals surface area contributed by atoms with Crippen LogP contribution in [0.2, 0.25) is 0 Å². The van der Waals surface area contributed by atoms with Crippen LogP contribution in [0, 0.1) is 6.92 Å². The van der Waals surface area contributed by atoms with Gasteiger partial charge in [0.15, 0.2) is 0 Å². The second kappa shape index (κ2) is 6.74. The van der Waals surface area contributed by atoms with E-state index in [1.54, 1.807) is 19.1 Å². The summed E-state index contributed by atoms with van der Waals surface area (Å²) in [6.07, 6.45) is -4.52. The summed E-state index contributed by atoms with van der Waals surface area (Å²) in [5.41, 5.74) is 0.393. The minimum absolute atomic E-state index is 0.119. The maximum Gasteiger partial charge on any atom is 0.416 e. The van der Waals surface area contributed by atoms with Crippen molar-refractivity contribution in [3.8, 4) is 0 Å². The zero-order valence-corrected chi connectivity index (χ0v) is 13.0. The van der Waals surface area contributed by atoms with Gasteiger partial charge in [-0.1, -0.05) is 12.1 Å². The number of carbonyl (C=O) groups is 2. The lowest BCUT2D eigenvalue weighted by atomic mass is 10.1. The first-order valence-electron chi connectivity index (χ1n) is 7.03. The fraction of sp³-hybridized carbons (Fsp3) is 0.176. The fourth-order valence-electron chi connectivity index (χ4n) is 2.12. The van der Waals surface area contributed by atoms with Gasteiger partial charge in [-0.15, -0.1) is 0 Å². The minimum Gasteiger partial charge on any atom is -0.355 e. The normalized spacial score (nSPS) is 11.0. The second-order valence-electron chi connectivity index (χ2n) is 5.14. The quantitative estimate of drug-likeness (QED) is 0.899. The number of aryl methyl sites for hydroxylation is 1. The van der Waals surface area contributed by atoms with Crippen molar-refractivity contribution >= 4 is 17.5 Å².